The Morgan fingerprint density at radius 2 is 1.35 bits per heavy atom. The summed E-state index contributed by atoms with van der Waals surface area (Å²) >= 11 is 13.7. The number of hydrogen-bond donors (Lipinski definition) is 6. The molecular formula is C47H35Cl2N4O10+. The minimum absolute atomic E-state index is 0.0243. The number of carboxylic acids is 2. The number of phenolic OH excluding ortho intramolecular Hbond substituents is 1. The van der Waals surface area contributed by atoms with Crippen molar-refractivity contribution < 1.29 is 43.3 Å². The van der Waals surface area contributed by atoms with E-state index in [9.17, 15) is 39.3 Å². The van der Waals surface area contributed by atoms with Crippen LogP contribution in [0.3, 0.4) is 0 Å². The van der Waals surface area contributed by atoms with E-state index in [1.165, 1.54) is 30.3 Å². The number of carbonyl (C=O) groups is 4. The molecule has 2 amide bonds. The molecule has 0 radical (unpaired) electrons. The first kappa shape index (κ1) is 42.0. The molecule has 6 N–H and O–H groups in total. The van der Waals surface area contributed by atoms with Crippen LogP contribution in [0.4, 0.5) is 5.69 Å². The topological polar surface area (TPSA) is 211 Å². The highest BCUT2D eigenvalue weighted by Gasteiger charge is 2.30. The third kappa shape index (κ3) is 7.89. The lowest BCUT2D eigenvalue weighted by Crippen LogP contribution is -2.36. The van der Waals surface area contributed by atoms with Crippen LogP contribution in [0.2, 0.25) is 10.0 Å². The van der Waals surface area contributed by atoms with Crippen LogP contribution < -0.4 is 31.3 Å². The van der Waals surface area contributed by atoms with E-state index in [0.29, 0.717) is 55.5 Å². The van der Waals surface area contributed by atoms with Gasteiger partial charge in [0, 0.05) is 82.1 Å². The lowest BCUT2D eigenvalue weighted by atomic mass is 9.89. The standard InChI is InChI=1S/C47H34Cl2N4O10/c1-50-23-5-10-30-35(15-23)62-36-16-24(53(2)3)6-11-31(36)41(30)43-42(47(60)61)34(48)19-33(44(43)49)45(57)52-21-39(56)51-20-22-4-9-27(32(14-22)46(58)59)40-28-12-7-25(54)17-37(28)63-38-18-26(55)8-13-29(38)40/h4-19H,20-21H2,1-3H3,(H5,51,52,54,55,56,57,58,59,60,61)/p+1. The van der Waals surface area contributed by atoms with Crippen molar-refractivity contribution in [3.8, 4) is 50.7 Å². The van der Waals surface area contributed by atoms with Gasteiger partial charge in [0.1, 0.15) is 42.5 Å². The van der Waals surface area contributed by atoms with Gasteiger partial charge in [-0.05, 0) is 65.7 Å². The summed E-state index contributed by atoms with van der Waals surface area (Å²) in [5, 5.41) is 40.5. The van der Waals surface area contributed by atoms with Crippen LogP contribution in [0, 0.1) is 0 Å². The van der Waals surface area contributed by atoms with Gasteiger partial charge in [0.15, 0.2) is 5.43 Å². The highest BCUT2D eigenvalue weighted by atomic mass is 35.5. The first-order chi connectivity index (χ1) is 30.1. The molecule has 0 atom stereocenters. The smallest absolute Gasteiger partial charge is 0.337 e. The quantitative estimate of drug-likeness (QED) is 0.0581. The fourth-order valence-electron chi connectivity index (χ4n) is 7.58. The van der Waals surface area contributed by atoms with Gasteiger partial charge in [-0.15, -0.1) is 0 Å². The Balaban J connectivity index is 1.08. The first-order valence-electron chi connectivity index (χ1n) is 19.2. The number of nitrogens with one attached hydrogen (secondary N) is 3. The molecule has 0 spiro atoms. The maximum atomic E-state index is 13.8. The Bertz CT molecular complexity index is 3320. The predicted molar refractivity (Wildman–Crippen MR) is 239 cm³/mol. The first-order valence-corrected chi connectivity index (χ1v) is 19.9. The molecule has 0 saturated heterocycles. The lowest BCUT2D eigenvalue weighted by molar-refractivity contribution is -0.120. The zero-order valence-corrected chi connectivity index (χ0v) is 35.1. The van der Waals surface area contributed by atoms with Gasteiger partial charge in [-0.2, -0.15) is 0 Å². The predicted octanol–water partition coefficient (Wildman–Crippen LogP) is 7.61. The van der Waals surface area contributed by atoms with Crippen LogP contribution in [0.5, 0.6) is 5.75 Å². The van der Waals surface area contributed by atoms with Crippen molar-refractivity contribution in [2.75, 3.05) is 33.0 Å². The summed E-state index contributed by atoms with van der Waals surface area (Å²) in [6, 6.07) is 25.0. The fraction of sp³-hybridized carbons (Fsp3) is 0.106. The molecule has 0 bridgehead atoms. The van der Waals surface area contributed by atoms with E-state index in [0.717, 1.165) is 17.1 Å². The molecule has 14 nitrogen and oxygen atoms in total. The number of aromatic carboxylic acids is 2. The van der Waals surface area contributed by atoms with Crippen molar-refractivity contribution >= 4 is 74.6 Å². The van der Waals surface area contributed by atoms with E-state index >= 15 is 0 Å². The molecule has 0 saturated carbocycles. The number of carbonyl (C=O) groups excluding carboxylic acids is 2. The molecule has 4 aromatic carbocycles. The third-order valence-electron chi connectivity index (χ3n) is 10.6. The Hall–Kier alpha value is -7.68. The number of anilines is 1. The number of amides is 2. The second kappa shape index (κ2) is 16.6. The number of phenols is 1. The SMILES string of the molecule is CNc1ccc2c(-c3c(Cl)c(C(=O)NCC(=O)NCc4ccc(-c5c6ccc(=O)cc-6oc6cc(O)ccc56)c(C(=O)O)c4)cc(Cl)c3C(=O)O)c3ccc(=[N+](C)C)cc-3oc2c1. The van der Waals surface area contributed by atoms with Crippen LogP contribution in [-0.4, -0.2) is 66.8 Å². The Morgan fingerprint density at radius 1 is 0.683 bits per heavy atom. The number of nitrogens with zero attached hydrogens (tertiary/aromatic N) is 1. The van der Waals surface area contributed by atoms with Crippen LogP contribution in [0.15, 0.2) is 111 Å². The highest BCUT2D eigenvalue weighted by Crippen LogP contribution is 2.47. The summed E-state index contributed by atoms with van der Waals surface area (Å²) in [4.78, 5) is 64.7. The third-order valence-corrected chi connectivity index (χ3v) is 11.3. The van der Waals surface area contributed by atoms with Crippen molar-refractivity contribution in [3.63, 3.8) is 0 Å². The summed E-state index contributed by atoms with van der Waals surface area (Å²) in [7, 11) is 5.47. The van der Waals surface area contributed by atoms with E-state index in [-0.39, 0.29) is 61.4 Å². The normalized spacial score (nSPS) is 11.3. The van der Waals surface area contributed by atoms with Gasteiger partial charge in [0.2, 0.25) is 11.3 Å². The number of benzene rings is 6. The van der Waals surface area contributed by atoms with Gasteiger partial charge < -0.3 is 40.1 Å². The van der Waals surface area contributed by atoms with E-state index in [2.05, 4.69) is 16.0 Å². The van der Waals surface area contributed by atoms with E-state index in [1.807, 2.05) is 24.7 Å². The molecule has 2 heterocycles. The maximum Gasteiger partial charge on any atom is 0.337 e. The van der Waals surface area contributed by atoms with Crippen molar-refractivity contribution in [1.29, 1.82) is 0 Å². The molecule has 0 fully saturated rings. The molecule has 2 aliphatic heterocycles. The highest BCUT2D eigenvalue weighted by molar-refractivity contribution is 6.41. The molecule has 8 rings (SSSR count). The number of hydrogen-bond acceptors (Lipinski definition) is 9. The Labute approximate surface area is 366 Å². The van der Waals surface area contributed by atoms with E-state index in [1.54, 1.807) is 61.6 Å². The fourth-order valence-corrected chi connectivity index (χ4v) is 8.20. The van der Waals surface area contributed by atoms with E-state index < -0.39 is 30.3 Å². The van der Waals surface area contributed by atoms with Crippen LogP contribution in [0.25, 0.3) is 66.8 Å². The average Bonchev–Trinajstić information content (AvgIpc) is 3.25. The van der Waals surface area contributed by atoms with Crippen LogP contribution in [-0.2, 0) is 11.3 Å². The van der Waals surface area contributed by atoms with Gasteiger partial charge >= 0.3 is 11.9 Å². The van der Waals surface area contributed by atoms with Crippen LogP contribution >= 0.6 is 23.2 Å². The number of rotatable bonds is 10. The molecule has 316 valence electrons. The minimum atomic E-state index is -1.39. The molecule has 4 aliphatic rings. The van der Waals surface area contributed by atoms with Gasteiger partial charge in [0.05, 0.1) is 39.3 Å². The molecular weight excluding hydrogens is 851 g/mol. The van der Waals surface area contributed by atoms with Crippen molar-refractivity contribution in [2.45, 2.75) is 6.54 Å². The minimum Gasteiger partial charge on any atom is -0.508 e. The summed E-state index contributed by atoms with van der Waals surface area (Å²) in [6.07, 6.45) is 0. The van der Waals surface area contributed by atoms with Gasteiger partial charge in [-0.1, -0.05) is 35.3 Å². The molecule has 16 heteroatoms. The molecule has 0 unspecified atom stereocenters. The summed E-state index contributed by atoms with van der Waals surface area (Å²) < 4.78 is 14.1. The summed E-state index contributed by atoms with van der Waals surface area (Å²) in [5.41, 5.74) is 2.89. The van der Waals surface area contributed by atoms with Gasteiger partial charge in [0.25, 0.3) is 5.91 Å². The Morgan fingerprint density at radius 3 is 2.06 bits per heavy atom. The molecule has 63 heavy (non-hydrogen) atoms. The van der Waals surface area contributed by atoms with Crippen LogP contribution in [0.1, 0.15) is 36.6 Å². The number of aromatic hydroxyl groups is 1. The lowest BCUT2D eigenvalue weighted by Gasteiger charge is -2.20. The number of halogens is 2. The summed E-state index contributed by atoms with van der Waals surface area (Å²) in [5.74, 6) is -3.58. The van der Waals surface area contributed by atoms with Gasteiger partial charge in [-0.25, -0.2) is 14.2 Å². The summed E-state index contributed by atoms with van der Waals surface area (Å²) in [6.45, 7) is -0.661. The maximum absolute atomic E-state index is 13.8. The Kier molecular flexibility index (Phi) is 11.1. The van der Waals surface area contributed by atoms with Crippen molar-refractivity contribution in [3.05, 3.63) is 145 Å². The van der Waals surface area contributed by atoms with E-state index in [4.69, 9.17) is 32.0 Å². The van der Waals surface area contributed by atoms with Crippen molar-refractivity contribution in [1.82, 2.24) is 15.2 Å². The second-order valence-corrected chi connectivity index (χ2v) is 15.5. The largest absolute Gasteiger partial charge is 0.508 e. The molecule has 2 aliphatic carbocycles. The molecule has 4 aromatic rings. The monoisotopic (exact) mass is 885 g/mol. The zero-order valence-electron chi connectivity index (χ0n) is 33.6. The average molecular weight is 887 g/mol. The van der Waals surface area contributed by atoms with Crippen molar-refractivity contribution in [2.24, 2.45) is 0 Å². The number of fused-ring (bicyclic) bond motifs is 4. The molecule has 0 aromatic heterocycles. The van der Waals surface area contributed by atoms with Gasteiger partial charge in [-0.3, -0.25) is 14.4 Å². The second-order valence-electron chi connectivity index (χ2n) is 14.7. The number of carboxylic acid groups (broad SMARTS) is 2. The zero-order chi connectivity index (χ0) is 44.9.